The lowest BCUT2D eigenvalue weighted by Crippen LogP contribution is -2.58. The summed E-state index contributed by atoms with van der Waals surface area (Å²) in [6.45, 7) is 5.29. The van der Waals surface area contributed by atoms with E-state index in [1.165, 1.54) is 0 Å². The molecule has 4 nitrogen and oxygen atoms in total. The van der Waals surface area contributed by atoms with Crippen LogP contribution in [0.4, 0.5) is 5.69 Å². The maximum atomic E-state index is 12.1. The fourth-order valence-corrected chi connectivity index (χ4v) is 2.30. The molecular formula is C14H17Cl3IN3OS. The quantitative estimate of drug-likeness (QED) is 0.245. The number of thiocarbonyl (C=S) groups is 1. The van der Waals surface area contributed by atoms with Gasteiger partial charge in [0, 0.05) is 14.7 Å². The van der Waals surface area contributed by atoms with E-state index in [2.05, 4.69) is 38.5 Å². The second kappa shape index (κ2) is 8.38. The number of hydrogen-bond acceptors (Lipinski definition) is 2. The predicted octanol–water partition coefficient (Wildman–Crippen LogP) is 4.44. The molecule has 1 unspecified atom stereocenters. The Morgan fingerprint density at radius 3 is 2.09 bits per heavy atom. The van der Waals surface area contributed by atoms with Crippen molar-refractivity contribution in [2.75, 3.05) is 5.32 Å². The van der Waals surface area contributed by atoms with Gasteiger partial charge < -0.3 is 16.0 Å². The first kappa shape index (κ1) is 21.0. The third-order valence-corrected chi connectivity index (χ3v) is 4.26. The minimum absolute atomic E-state index is 0.233. The highest BCUT2D eigenvalue weighted by molar-refractivity contribution is 14.1. The number of hydrogen-bond donors (Lipinski definition) is 3. The number of anilines is 1. The summed E-state index contributed by atoms with van der Waals surface area (Å²) in [7, 11) is 0. The lowest BCUT2D eigenvalue weighted by atomic mass is 9.95. The van der Waals surface area contributed by atoms with Crippen LogP contribution in [0.1, 0.15) is 20.8 Å². The molecule has 1 aromatic rings. The SMILES string of the molecule is CC(C)(C)C(=O)NC(NC(=S)Nc1ccc(I)cc1)C(Cl)(Cl)Cl. The molecular weight excluding hydrogens is 492 g/mol. The number of carbonyl (C=O) groups is 1. The molecule has 0 aliphatic heterocycles. The van der Waals surface area contributed by atoms with Gasteiger partial charge in [-0.05, 0) is 59.1 Å². The van der Waals surface area contributed by atoms with Crippen molar-refractivity contribution in [1.82, 2.24) is 10.6 Å². The van der Waals surface area contributed by atoms with E-state index in [1.54, 1.807) is 20.8 Å². The van der Waals surface area contributed by atoms with Crippen LogP contribution in [0.15, 0.2) is 24.3 Å². The van der Waals surface area contributed by atoms with Crippen LogP contribution in [0.5, 0.6) is 0 Å². The zero-order valence-electron chi connectivity index (χ0n) is 12.7. The first-order chi connectivity index (χ1) is 10.4. The molecule has 23 heavy (non-hydrogen) atoms. The molecule has 0 heterocycles. The molecule has 0 radical (unpaired) electrons. The summed E-state index contributed by atoms with van der Waals surface area (Å²) in [5.41, 5.74) is 0.161. The molecule has 0 saturated carbocycles. The summed E-state index contributed by atoms with van der Waals surface area (Å²) in [4.78, 5) is 12.1. The average Bonchev–Trinajstić information content (AvgIpc) is 2.38. The van der Waals surface area contributed by atoms with E-state index in [-0.39, 0.29) is 11.0 Å². The van der Waals surface area contributed by atoms with Crippen LogP contribution >= 0.6 is 69.6 Å². The molecule has 0 saturated heterocycles. The van der Waals surface area contributed by atoms with Crippen LogP contribution in [0, 0.1) is 8.99 Å². The molecule has 1 atom stereocenters. The molecule has 1 rings (SSSR count). The van der Waals surface area contributed by atoms with E-state index < -0.39 is 15.4 Å². The largest absolute Gasteiger partial charge is 0.339 e. The molecule has 0 aliphatic rings. The van der Waals surface area contributed by atoms with Gasteiger partial charge >= 0.3 is 0 Å². The van der Waals surface area contributed by atoms with Crippen molar-refractivity contribution in [3.63, 3.8) is 0 Å². The van der Waals surface area contributed by atoms with Gasteiger partial charge in [0.1, 0.15) is 6.17 Å². The van der Waals surface area contributed by atoms with Crippen LogP contribution < -0.4 is 16.0 Å². The van der Waals surface area contributed by atoms with Crippen molar-refractivity contribution < 1.29 is 4.79 Å². The third kappa shape index (κ3) is 7.60. The van der Waals surface area contributed by atoms with E-state index in [0.717, 1.165) is 9.26 Å². The van der Waals surface area contributed by atoms with Gasteiger partial charge in [0.05, 0.1) is 0 Å². The molecule has 1 aromatic carbocycles. The van der Waals surface area contributed by atoms with Gasteiger partial charge in [0.2, 0.25) is 9.70 Å². The number of benzene rings is 1. The van der Waals surface area contributed by atoms with Crippen LogP contribution in [0.3, 0.4) is 0 Å². The average molecular weight is 509 g/mol. The van der Waals surface area contributed by atoms with Crippen LogP contribution in [-0.4, -0.2) is 21.0 Å². The van der Waals surface area contributed by atoms with Crippen molar-refractivity contribution in [3.8, 4) is 0 Å². The van der Waals surface area contributed by atoms with E-state index in [9.17, 15) is 4.79 Å². The van der Waals surface area contributed by atoms with Crippen molar-refractivity contribution in [2.45, 2.75) is 30.7 Å². The number of nitrogens with one attached hydrogen (secondary N) is 3. The molecule has 0 bridgehead atoms. The molecule has 1 amide bonds. The summed E-state index contributed by atoms with van der Waals surface area (Å²) < 4.78 is -0.665. The number of halogens is 4. The fraction of sp³-hybridized carbons (Fsp3) is 0.429. The van der Waals surface area contributed by atoms with Gasteiger partial charge in [-0.3, -0.25) is 4.79 Å². The summed E-state index contributed by atoms with van der Waals surface area (Å²) in [6.07, 6.45) is -0.969. The Bertz CT molecular complexity index is 570. The van der Waals surface area contributed by atoms with Crippen molar-refractivity contribution in [2.24, 2.45) is 5.41 Å². The lowest BCUT2D eigenvalue weighted by Gasteiger charge is -2.30. The Morgan fingerprint density at radius 1 is 1.13 bits per heavy atom. The zero-order valence-corrected chi connectivity index (χ0v) is 18.0. The molecule has 0 aromatic heterocycles. The molecule has 0 aliphatic carbocycles. The maximum absolute atomic E-state index is 12.1. The van der Waals surface area contributed by atoms with Crippen LogP contribution in [0.25, 0.3) is 0 Å². The zero-order chi connectivity index (χ0) is 17.8. The summed E-state index contributed by atoms with van der Waals surface area (Å²) in [6, 6.07) is 7.60. The van der Waals surface area contributed by atoms with Crippen LogP contribution in [0.2, 0.25) is 0 Å². The minimum atomic E-state index is -1.77. The maximum Gasteiger partial charge on any atom is 0.228 e. The highest BCUT2D eigenvalue weighted by Gasteiger charge is 2.36. The van der Waals surface area contributed by atoms with E-state index in [0.29, 0.717) is 0 Å². The Labute approximate surface area is 170 Å². The highest BCUT2D eigenvalue weighted by Crippen LogP contribution is 2.30. The van der Waals surface area contributed by atoms with Crippen LogP contribution in [-0.2, 0) is 4.79 Å². The second-order valence-corrected chi connectivity index (χ2v) is 9.83. The molecule has 9 heteroatoms. The fourth-order valence-electron chi connectivity index (χ4n) is 1.38. The van der Waals surface area contributed by atoms with E-state index >= 15 is 0 Å². The number of rotatable bonds is 3. The Balaban J connectivity index is 2.75. The number of carbonyl (C=O) groups excluding carboxylic acids is 1. The van der Waals surface area contributed by atoms with E-state index in [1.807, 2.05) is 24.3 Å². The Morgan fingerprint density at radius 2 is 1.65 bits per heavy atom. The standard InChI is InChI=1S/C14H17Cl3IN3OS/c1-13(2,3)11(22)20-10(14(15,16)17)21-12(23)19-9-6-4-8(18)5-7-9/h4-7,10H,1-3H3,(H,20,22)(H2,19,21,23). The monoisotopic (exact) mass is 507 g/mol. The van der Waals surface area contributed by atoms with Gasteiger partial charge in [-0.15, -0.1) is 0 Å². The number of alkyl halides is 3. The molecule has 0 fully saturated rings. The minimum Gasteiger partial charge on any atom is -0.339 e. The van der Waals surface area contributed by atoms with Crippen molar-refractivity contribution in [3.05, 3.63) is 27.8 Å². The van der Waals surface area contributed by atoms with Gasteiger partial charge in [0.15, 0.2) is 5.11 Å². The first-order valence-electron chi connectivity index (χ1n) is 6.60. The summed E-state index contributed by atoms with van der Waals surface area (Å²) in [5, 5.41) is 8.67. The topological polar surface area (TPSA) is 53.2 Å². The first-order valence-corrected chi connectivity index (χ1v) is 9.22. The molecule has 3 N–H and O–H groups in total. The highest BCUT2D eigenvalue weighted by atomic mass is 127. The van der Waals surface area contributed by atoms with Crippen molar-refractivity contribution >= 4 is 86.3 Å². The number of amides is 1. The van der Waals surface area contributed by atoms with Crippen molar-refractivity contribution in [1.29, 1.82) is 0 Å². The van der Waals surface area contributed by atoms with E-state index in [4.69, 9.17) is 47.0 Å². The van der Waals surface area contributed by atoms with Gasteiger partial charge in [-0.1, -0.05) is 55.6 Å². The summed E-state index contributed by atoms with van der Waals surface area (Å²) in [5.74, 6) is -0.265. The van der Waals surface area contributed by atoms with Gasteiger partial charge in [-0.2, -0.15) is 0 Å². The molecule has 128 valence electrons. The van der Waals surface area contributed by atoms with Gasteiger partial charge in [0.25, 0.3) is 0 Å². The predicted molar refractivity (Wildman–Crippen MR) is 110 cm³/mol. The Hall–Kier alpha value is -0.0200. The molecule has 0 spiro atoms. The summed E-state index contributed by atoms with van der Waals surface area (Å²) >= 11 is 25.2. The normalized spacial score (nSPS) is 13.2. The van der Waals surface area contributed by atoms with Gasteiger partial charge in [-0.25, -0.2) is 0 Å². The Kier molecular flexibility index (Phi) is 7.66. The third-order valence-electron chi connectivity index (χ3n) is 2.66. The smallest absolute Gasteiger partial charge is 0.228 e. The second-order valence-electron chi connectivity index (χ2n) is 5.80. The lowest BCUT2D eigenvalue weighted by molar-refractivity contribution is -0.129.